The smallest absolute Gasteiger partial charge is 0.258 e. The number of hydrogen-bond acceptors (Lipinski definition) is 3. The van der Waals surface area contributed by atoms with Gasteiger partial charge in [-0.1, -0.05) is 65.7 Å². The Bertz CT molecular complexity index is 1420. The third kappa shape index (κ3) is 3.90. The fourth-order valence-corrected chi connectivity index (χ4v) is 4.75. The predicted molar refractivity (Wildman–Crippen MR) is 131 cm³/mol. The van der Waals surface area contributed by atoms with Crippen LogP contribution in [0.25, 0.3) is 27.2 Å². The van der Waals surface area contributed by atoms with Crippen LogP contribution in [0.5, 0.6) is 0 Å². The average molecular weight is 441 g/mol. The minimum atomic E-state index is -0.445. The molecule has 0 fully saturated rings. The zero-order chi connectivity index (χ0) is 22.1. The van der Waals surface area contributed by atoms with Crippen LogP contribution in [0, 0.1) is 10.1 Å². The summed E-state index contributed by atoms with van der Waals surface area (Å²) in [6.07, 6.45) is 10.7. The van der Waals surface area contributed by atoms with Crippen LogP contribution < -0.4 is 0 Å². The number of para-hydroxylation sites is 1. The molecule has 1 heterocycles. The van der Waals surface area contributed by atoms with Crippen molar-refractivity contribution in [2.45, 2.75) is 25.7 Å². The normalized spacial score (nSPS) is 14.5. The monoisotopic (exact) mass is 440 g/mol. The fraction of sp³-hybridized carbons (Fsp3) is 0.148. The molecule has 3 aromatic carbocycles. The molecule has 158 valence electrons. The molecule has 0 amide bonds. The Morgan fingerprint density at radius 3 is 2.69 bits per heavy atom. The summed E-state index contributed by atoms with van der Waals surface area (Å²) < 4.78 is 0. The highest BCUT2D eigenvalue weighted by atomic mass is 35.5. The molecular formula is C27H21ClN2O2. The van der Waals surface area contributed by atoms with Crippen LogP contribution in [0.4, 0.5) is 5.69 Å². The molecule has 4 nitrogen and oxygen atoms in total. The first-order valence-electron chi connectivity index (χ1n) is 10.7. The number of aryl methyl sites for hydroxylation is 1. The predicted octanol–water partition coefficient (Wildman–Crippen LogP) is 7.69. The van der Waals surface area contributed by atoms with Crippen LogP contribution in [0.15, 0.2) is 84.6 Å². The second kappa shape index (κ2) is 8.56. The van der Waals surface area contributed by atoms with E-state index in [9.17, 15) is 10.1 Å². The molecule has 6 rings (SSSR count). The molecule has 2 aliphatic carbocycles. The van der Waals surface area contributed by atoms with E-state index in [4.69, 9.17) is 11.6 Å². The van der Waals surface area contributed by atoms with Crippen LogP contribution >= 0.6 is 11.6 Å². The lowest BCUT2D eigenvalue weighted by Crippen LogP contribution is -2.06. The summed E-state index contributed by atoms with van der Waals surface area (Å²) in [7, 11) is 0. The fourth-order valence-electron chi connectivity index (χ4n) is 4.57. The van der Waals surface area contributed by atoms with Gasteiger partial charge in [-0.05, 0) is 71.4 Å². The maximum atomic E-state index is 10.4. The van der Waals surface area contributed by atoms with Crippen molar-refractivity contribution < 1.29 is 4.92 Å². The summed E-state index contributed by atoms with van der Waals surface area (Å²) in [5.74, 6) is 0. The van der Waals surface area contributed by atoms with E-state index in [1.165, 1.54) is 65.4 Å². The van der Waals surface area contributed by atoms with Gasteiger partial charge in [-0.3, -0.25) is 10.1 Å². The number of rotatable bonds is 1. The topological polar surface area (TPSA) is 56.0 Å². The Labute approximate surface area is 191 Å². The SMILES string of the molecule is Clc1ccc2c3c(ccc2c1)C1=C(CCC=C1)CC3.O=[N+]([O-])c1cnc2ccccc2c1. The van der Waals surface area contributed by atoms with Crippen molar-refractivity contribution >= 4 is 44.5 Å². The summed E-state index contributed by atoms with van der Waals surface area (Å²) in [6, 6.07) is 19.5. The Morgan fingerprint density at radius 2 is 1.81 bits per heavy atom. The van der Waals surface area contributed by atoms with Gasteiger partial charge in [0.2, 0.25) is 0 Å². The van der Waals surface area contributed by atoms with E-state index < -0.39 is 4.92 Å². The lowest BCUT2D eigenvalue weighted by molar-refractivity contribution is -0.385. The largest absolute Gasteiger partial charge is 0.288 e. The number of halogens is 1. The summed E-state index contributed by atoms with van der Waals surface area (Å²) >= 11 is 6.09. The van der Waals surface area contributed by atoms with Crippen LogP contribution in [-0.2, 0) is 6.42 Å². The molecular weight excluding hydrogens is 420 g/mol. The molecule has 0 N–H and O–H groups in total. The van der Waals surface area contributed by atoms with E-state index in [0.29, 0.717) is 0 Å². The van der Waals surface area contributed by atoms with Gasteiger partial charge in [0.05, 0.1) is 10.4 Å². The first-order valence-corrected chi connectivity index (χ1v) is 11.1. The Kier molecular flexibility index (Phi) is 5.46. The van der Waals surface area contributed by atoms with E-state index in [2.05, 4.69) is 41.4 Å². The third-order valence-electron chi connectivity index (χ3n) is 6.13. The number of pyridine rings is 1. The number of allylic oxidation sites excluding steroid dienone is 4. The van der Waals surface area contributed by atoms with Crippen LogP contribution in [-0.4, -0.2) is 9.91 Å². The molecule has 0 saturated carbocycles. The lowest BCUT2D eigenvalue weighted by Gasteiger charge is -2.25. The van der Waals surface area contributed by atoms with Crippen LogP contribution in [0.2, 0.25) is 5.02 Å². The third-order valence-corrected chi connectivity index (χ3v) is 6.36. The van der Waals surface area contributed by atoms with Crippen molar-refractivity contribution in [1.82, 2.24) is 4.98 Å². The van der Waals surface area contributed by atoms with Crippen molar-refractivity contribution in [1.29, 1.82) is 0 Å². The number of nitro groups is 1. The summed E-state index contributed by atoms with van der Waals surface area (Å²) in [4.78, 5) is 13.9. The first-order chi connectivity index (χ1) is 15.6. The zero-order valence-electron chi connectivity index (χ0n) is 17.4. The van der Waals surface area contributed by atoms with Crippen LogP contribution in [0.3, 0.4) is 0 Å². The minimum absolute atomic E-state index is 0.0266. The van der Waals surface area contributed by atoms with Gasteiger partial charge in [-0.2, -0.15) is 0 Å². The van der Waals surface area contributed by atoms with Gasteiger partial charge in [0.1, 0.15) is 6.20 Å². The molecule has 0 unspecified atom stereocenters. The van der Waals surface area contributed by atoms with Gasteiger partial charge < -0.3 is 0 Å². The molecule has 0 bridgehead atoms. The van der Waals surface area contributed by atoms with E-state index in [-0.39, 0.29) is 5.69 Å². The van der Waals surface area contributed by atoms with Gasteiger partial charge in [0, 0.05) is 16.5 Å². The van der Waals surface area contributed by atoms with E-state index >= 15 is 0 Å². The number of nitrogens with zero attached hydrogens (tertiary/aromatic N) is 2. The Hall–Kier alpha value is -3.50. The molecule has 0 saturated heterocycles. The molecule has 0 radical (unpaired) electrons. The highest BCUT2D eigenvalue weighted by Crippen LogP contribution is 2.40. The molecule has 1 aromatic heterocycles. The lowest BCUT2D eigenvalue weighted by atomic mass is 9.80. The van der Waals surface area contributed by atoms with Gasteiger partial charge >= 0.3 is 0 Å². The number of fused-ring (bicyclic) bond motifs is 5. The van der Waals surface area contributed by atoms with E-state index in [1.807, 2.05) is 24.3 Å². The molecule has 0 atom stereocenters. The second-order valence-electron chi connectivity index (χ2n) is 8.06. The van der Waals surface area contributed by atoms with Crippen molar-refractivity contribution in [3.63, 3.8) is 0 Å². The molecule has 4 aromatic rings. The van der Waals surface area contributed by atoms with E-state index in [0.717, 1.165) is 15.9 Å². The van der Waals surface area contributed by atoms with Gasteiger partial charge in [0.25, 0.3) is 5.69 Å². The minimum Gasteiger partial charge on any atom is -0.258 e. The maximum Gasteiger partial charge on any atom is 0.288 e. The second-order valence-corrected chi connectivity index (χ2v) is 8.50. The van der Waals surface area contributed by atoms with Crippen molar-refractivity contribution in [3.05, 3.63) is 111 Å². The van der Waals surface area contributed by atoms with Crippen LogP contribution in [0.1, 0.15) is 30.4 Å². The summed E-state index contributed by atoms with van der Waals surface area (Å²) in [5, 5.41) is 14.6. The molecule has 0 spiro atoms. The average Bonchev–Trinajstić information content (AvgIpc) is 2.83. The van der Waals surface area contributed by atoms with E-state index in [1.54, 1.807) is 11.6 Å². The summed E-state index contributed by atoms with van der Waals surface area (Å²) in [6.45, 7) is 0. The summed E-state index contributed by atoms with van der Waals surface area (Å²) in [5.41, 5.74) is 6.85. The molecule has 2 aliphatic rings. The van der Waals surface area contributed by atoms with Gasteiger partial charge in [-0.15, -0.1) is 0 Å². The Morgan fingerprint density at radius 1 is 0.938 bits per heavy atom. The van der Waals surface area contributed by atoms with Crippen molar-refractivity contribution in [2.75, 3.05) is 0 Å². The Balaban J connectivity index is 0.000000146. The van der Waals surface area contributed by atoms with Gasteiger partial charge in [-0.25, -0.2) is 4.98 Å². The van der Waals surface area contributed by atoms with Gasteiger partial charge in [0.15, 0.2) is 0 Å². The highest BCUT2D eigenvalue weighted by molar-refractivity contribution is 6.31. The van der Waals surface area contributed by atoms with Crippen molar-refractivity contribution in [2.24, 2.45) is 0 Å². The quantitative estimate of drug-likeness (QED) is 0.225. The molecule has 0 aliphatic heterocycles. The number of benzene rings is 3. The van der Waals surface area contributed by atoms with Crippen molar-refractivity contribution in [3.8, 4) is 0 Å². The molecule has 5 heteroatoms. The first kappa shape index (κ1) is 20.4. The highest BCUT2D eigenvalue weighted by Gasteiger charge is 2.20. The number of hydrogen-bond donors (Lipinski definition) is 0. The maximum absolute atomic E-state index is 10.4. The molecule has 32 heavy (non-hydrogen) atoms. The zero-order valence-corrected chi connectivity index (χ0v) is 18.2. The number of aromatic nitrogens is 1. The standard InChI is InChI=1S/C18H15Cl.C9H6N2O2/c19-14-7-10-16-13(11-14)6-9-17-15-4-2-1-3-12(15)5-8-18(16)17;12-11(13)8-5-7-3-1-2-4-9(7)10-6-8/h2,4,6-7,9-11H,1,3,5,8H2;1-6H.